The van der Waals surface area contributed by atoms with Gasteiger partial charge in [0, 0.05) is 41.5 Å². The number of aliphatic hydroxyl groups excluding tert-OH is 1. The van der Waals surface area contributed by atoms with Crippen molar-refractivity contribution in [3.63, 3.8) is 0 Å². The van der Waals surface area contributed by atoms with Gasteiger partial charge in [0.05, 0.1) is 38.0 Å². The van der Waals surface area contributed by atoms with Crippen molar-refractivity contribution in [1.29, 1.82) is 0 Å². The number of hydrogen-bond donors (Lipinski definition) is 2. The van der Waals surface area contributed by atoms with Gasteiger partial charge in [0.2, 0.25) is 14.3 Å². The van der Waals surface area contributed by atoms with Gasteiger partial charge in [-0.2, -0.15) is 0 Å². The van der Waals surface area contributed by atoms with Crippen molar-refractivity contribution in [2.45, 2.75) is 75.2 Å². The van der Waals surface area contributed by atoms with E-state index in [-0.39, 0.29) is 43.8 Å². The van der Waals surface area contributed by atoms with Gasteiger partial charge in [0.1, 0.15) is 5.54 Å². The first-order chi connectivity index (χ1) is 27.5. The molecule has 4 aliphatic rings. The molecule has 0 bridgehead atoms. The molecule has 0 saturated carbocycles. The summed E-state index contributed by atoms with van der Waals surface area (Å²) in [6.45, 7) is 7.62. The van der Waals surface area contributed by atoms with Crippen LogP contribution in [-0.2, 0) is 37.8 Å². The summed E-state index contributed by atoms with van der Waals surface area (Å²) in [6.07, 6.45) is 0.514. The molecule has 4 aromatic carbocycles. The van der Waals surface area contributed by atoms with Gasteiger partial charge in [0.25, 0.3) is 11.8 Å². The molecule has 0 radical (unpaired) electrons. The quantitative estimate of drug-likeness (QED) is 0.135. The van der Waals surface area contributed by atoms with Crippen molar-refractivity contribution >= 4 is 43.2 Å². The highest BCUT2D eigenvalue weighted by Gasteiger charge is 2.67. The van der Waals surface area contributed by atoms with Crippen LogP contribution in [0.4, 0.5) is 21.2 Å². The van der Waals surface area contributed by atoms with E-state index in [1.165, 1.54) is 0 Å². The Morgan fingerprint density at radius 3 is 2.19 bits per heavy atom. The van der Waals surface area contributed by atoms with Crippen LogP contribution in [0.3, 0.4) is 0 Å². The predicted octanol–water partition coefficient (Wildman–Crippen LogP) is 6.35. The Kier molecular flexibility index (Phi) is 10.6. The van der Waals surface area contributed by atoms with Gasteiger partial charge in [-0.1, -0.05) is 85.8 Å². The lowest BCUT2D eigenvalue weighted by atomic mass is 9.82. The largest absolute Gasteiger partial charge is 0.395 e. The van der Waals surface area contributed by atoms with Crippen LogP contribution in [0, 0.1) is 5.92 Å². The Bertz CT molecular complexity index is 2090. The number of nitrogens with one attached hydrogen (secondary N) is 1. The molecule has 10 nitrogen and oxygen atoms in total. The number of rotatable bonds is 11. The minimum Gasteiger partial charge on any atom is -0.395 e. The van der Waals surface area contributed by atoms with Gasteiger partial charge in [-0.05, 0) is 80.5 Å². The van der Waals surface area contributed by atoms with Crippen molar-refractivity contribution in [2.24, 2.45) is 5.92 Å². The zero-order chi connectivity index (χ0) is 40.0. The van der Waals surface area contributed by atoms with Crippen molar-refractivity contribution in [3.05, 3.63) is 126 Å². The number of carbonyl (C=O) groups excluding carboxylic acids is 3. The number of aliphatic hydroxyl groups is 1. The molecule has 2 N–H and O–H groups in total. The number of fused-ring (bicyclic) bond motifs is 2. The van der Waals surface area contributed by atoms with Gasteiger partial charge in [-0.15, -0.1) is 0 Å². The first-order valence-corrected chi connectivity index (χ1v) is 23.1. The summed E-state index contributed by atoms with van der Waals surface area (Å²) < 4.78 is 23.3. The van der Waals surface area contributed by atoms with Crippen LogP contribution in [0.15, 0.2) is 109 Å². The lowest BCUT2D eigenvalue weighted by Crippen LogP contribution is -2.55. The van der Waals surface area contributed by atoms with E-state index < -0.39 is 37.1 Å². The molecule has 0 unspecified atom stereocenters. The Balaban J connectivity index is 1.05. The molecule has 4 aromatic rings. The van der Waals surface area contributed by atoms with Gasteiger partial charge < -0.3 is 34.0 Å². The number of benzene rings is 4. The van der Waals surface area contributed by atoms with E-state index in [0.29, 0.717) is 24.5 Å². The summed E-state index contributed by atoms with van der Waals surface area (Å²) in [4.78, 5) is 50.6. The third-order valence-electron chi connectivity index (χ3n) is 12.7. The second-order valence-electron chi connectivity index (χ2n) is 16.5. The molecular weight excluding hydrogens is 738 g/mol. The summed E-state index contributed by atoms with van der Waals surface area (Å²) >= 11 is 0. The third-order valence-corrected chi connectivity index (χ3v) is 15.2. The number of para-hydroxylation sites is 2. The molecule has 8 rings (SSSR count). The molecule has 4 aliphatic heterocycles. The Hall–Kier alpha value is -4.88. The monoisotopic (exact) mass is 789 g/mol. The molecule has 4 atom stereocenters. The number of hydrogen-bond acceptors (Lipinski definition) is 7. The van der Waals surface area contributed by atoms with Crippen LogP contribution in [0.1, 0.15) is 42.9 Å². The van der Waals surface area contributed by atoms with Crippen LogP contribution >= 0.6 is 0 Å². The second-order valence-corrected chi connectivity index (χ2v) is 20.3. The van der Waals surface area contributed by atoms with Crippen LogP contribution in [-0.4, -0.2) is 80.7 Å². The van der Waals surface area contributed by atoms with E-state index in [4.69, 9.17) is 4.74 Å². The highest BCUT2D eigenvalue weighted by Crippen LogP contribution is 2.60. The fourth-order valence-electron chi connectivity index (χ4n) is 10.0. The highest BCUT2D eigenvalue weighted by molar-refractivity contribution is 6.72. The van der Waals surface area contributed by atoms with Gasteiger partial charge >= 0.3 is 0 Å². The minimum absolute atomic E-state index is 0.0973. The van der Waals surface area contributed by atoms with Crippen molar-refractivity contribution in [2.75, 3.05) is 47.6 Å². The van der Waals surface area contributed by atoms with E-state index in [1.54, 1.807) is 22.9 Å². The van der Waals surface area contributed by atoms with Gasteiger partial charge in [-0.3, -0.25) is 19.3 Å². The first kappa shape index (κ1) is 39.0. The molecule has 0 aromatic heterocycles. The predicted molar refractivity (Wildman–Crippen MR) is 222 cm³/mol. The van der Waals surface area contributed by atoms with E-state index in [9.17, 15) is 19.5 Å². The number of amides is 3. The molecule has 4 heterocycles. The maximum Gasteiger partial charge on any atom is 0.264 e. The Morgan fingerprint density at radius 2 is 1.53 bits per heavy atom. The summed E-state index contributed by atoms with van der Waals surface area (Å²) in [7, 11) is -3.51. The van der Waals surface area contributed by atoms with Crippen molar-refractivity contribution < 1.29 is 28.3 Å². The topological polar surface area (TPSA) is 106 Å². The number of ether oxygens (including phenoxy) is 1. The maximum atomic E-state index is 16.5. The van der Waals surface area contributed by atoms with E-state index >= 15 is 4.11 Å². The van der Waals surface area contributed by atoms with Crippen LogP contribution < -0.4 is 20.0 Å². The average molecular weight is 790 g/mol. The SMILES string of the molecule is C[C@@H]1[C@@H]([Si](C)(C)F)[C@H](CC(=O)N(CCO)Cc2ccccc2)O[C@@]12C(=O)N(Cc1ccc(N3CN(c4ccccc4)C4(CCNCC4)C3=O)cc1)c1ccccc12. The highest BCUT2D eigenvalue weighted by atomic mass is 28.4. The molecule has 298 valence electrons. The molecule has 12 heteroatoms. The Labute approximate surface area is 335 Å². The molecule has 57 heavy (non-hydrogen) atoms. The standard InChI is InChI=1S/C45H52FN5O5Si/c1-32-41(57(2,3)46)39(28-40(53)48(26-27-52)29-33-12-6-4-7-13-33)56-45(32)37-16-10-11-17-38(37)49(43(45)55)30-34-18-20-35(21-19-34)50-31-51(36-14-8-5-9-15-36)44(42(50)54)22-24-47-25-23-44/h4-21,32,39,41,47,52H,22-31H2,1-3H3/t32-,39+,41-,45+/m1/s1. The number of piperidine rings is 1. The summed E-state index contributed by atoms with van der Waals surface area (Å²) in [5.41, 5.74) is 2.29. The van der Waals surface area contributed by atoms with E-state index in [1.807, 2.05) is 109 Å². The fraction of sp³-hybridized carbons (Fsp3) is 0.400. The van der Waals surface area contributed by atoms with E-state index in [0.717, 1.165) is 48.4 Å². The lowest BCUT2D eigenvalue weighted by molar-refractivity contribution is -0.150. The third kappa shape index (κ3) is 6.86. The normalized spacial score (nSPS) is 24.2. The smallest absolute Gasteiger partial charge is 0.264 e. The minimum atomic E-state index is -3.51. The maximum absolute atomic E-state index is 16.5. The lowest BCUT2D eigenvalue weighted by Gasteiger charge is -2.39. The van der Waals surface area contributed by atoms with Gasteiger partial charge in [-0.25, -0.2) is 0 Å². The number of halogens is 1. The average Bonchev–Trinajstić information content (AvgIpc) is 3.76. The van der Waals surface area contributed by atoms with Gasteiger partial charge in [0.15, 0.2) is 5.60 Å². The summed E-state index contributed by atoms with van der Waals surface area (Å²) in [5, 5.41) is 13.3. The fourth-order valence-corrected chi connectivity index (χ4v) is 12.5. The first-order valence-electron chi connectivity index (χ1n) is 20.1. The van der Waals surface area contributed by atoms with Crippen molar-refractivity contribution in [3.8, 4) is 0 Å². The molecular formula is C45H52FN5O5Si. The van der Waals surface area contributed by atoms with E-state index in [2.05, 4.69) is 22.3 Å². The Morgan fingerprint density at radius 1 is 0.877 bits per heavy atom. The van der Waals surface area contributed by atoms with Crippen molar-refractivity contribution in [1.82, 2.24) is 10.2 Å². The van der Waals surface area contributed by atoms with Crippen LogP contribution in [0.5, 0.6) is 0 Å². The molecule has 2 spiro atoms. The molecule has 3 fully saturated rings. The summed E-state index contributed by atoms with van der Waals surface area (Å²) in [6, 6.07) is 35.1. The molecule has 3 amide bonds. The van der Waals surface area contributed by atoms with Crippen LogP contribution in [0.2, 0.25) is 18.6 Å². The number of nitrogens with zero attached hydrogens (tertiary/aromatic N) is 4. The van der Waals surface area contributed by atoms with Crippen LogP contribution in [0.25, 0.3) is 0 Å². The number of carbonyl (C=O) groups is 3. The second kappa shape index (κ2) is 15.5. The number of anilines is 3. The summed E-state index contributed by atoms with van der Waals surface area (Å²) in [5.74, 6) is -0.967. The zero-order valence-corrected chi connectivity index (χ0v) is 33.9. The molecule has 0 aliphatic carbocycles. The zero-order valence-electron chi connectivity index (χ0n) is 32.9. The molecule has 3 saturated heterocycles.